The zero-order chi connectivity index (χ0) is 18.4. The summed E-state index contributed by atoms with van der Waals surface area (Å²) in [5.74, 6) is 0.0947. The molecule has 3 nitrogen and oxygen atoms in total. The number of aromatic nitrogens is 1. The smallest absolute Gasteiger partial charge is 0.255 e. The monoisotopic (exact) mass is 352 g/mol. The maximum atomic E-state index is 13.4. The molecule has 1 aliphatic rings. The highest BCUT2D eigenvalue weighted by Crippen LogP contribution is 2.45. The number of nitrogens with zero attached hydrogens (tertiary/aromatic N) is 1. The van der Waals surface area contributed by atoms with Gasteiger partial charge in [0.2, 0.25) is 0 Å². The van der Waals surface area contributed by atoms with Crippen LogP contribution in [0.2, 0.25) is 0 Å². The molecule has 1 amide bonds. The van der Waals surface area contributed by atoms with Crippen LogP contribution in [0, 0.1) is 0 Å². The van der Waals surface area contributed by atoms with Crippen molar-refractivity contribution in [3.63, 3.8) is 0 Å². The molecule has 0 radical (unpaired) electrons. The van der Waals surface area contributed by atoms with Gasteiger partial charge in [-0.1, -0.05) is 66.7 Å². The zero-order valence-electron chi connectivity index (χ0n) is 15.1. The zero-order valence-corrected chi connectivity index (χ0v) is 15.1. The molecule has 2 heterocycles. The summed E-state index contributed by atoms with van der Waals surface area (Å²) < 4.78 is 0. The highest BCUT2D eigenvalue weighted by Gasteiger charge is 2.41. The van der Waals surface area contributed by atoms with Crippen molar-refractivity contribution in [2.45, 2.75) is 19.0 Å². The quantitative estimate of drug-likeness (QED) is 0.521. The summed E-state index contributed by atoms with van der Waals surface area (Å²) in [7, 11) is 0. The van der Waals surface area contributed by atoms with Crippen LogP contribution in [0.3, 0.4) is 0 Å². The standard InChI is InChI=1S/C24H20N2O/c1-16(17-9-3-2-4-10-17)26-23(19-12-5-6-13-20(19)24(26)27)21-15-25-22-14-8-7-11-18(21)22/h2-16,23,25H,1H3/t16-,23+/m1/s1. The first kappa shape index (κ1) is 15.9. The Morgan fingerprint density at radius 1 is 0.852 bits per heavy atom. The maximum Gasteiger partial charge on any atom is 0.255 e. The minimum atomic E-state index is -0.0972. The molecule has 3 aromatic carbocycles. The molecule has 1 aromatic heterocycles. The molecule has 0 aliphatic carbocycles. The van der Waals surface area contributed by atoms with Crippen LogP contribution in [0.5, 0.6) is 0 Å². The molecule has 0 spiro atoms. The Hall–Kier alpha value is -3.33. The van der Waals surface area contributed by atoms with Gasteiger partial charge in [-0.25, -0.2) is 0 Å². The third-order valence-corrected chi connectivity index (χ3v) is 5.61. The summed E-state index contributed by atoms with van der Waals surface area (Å²) in [6.45, 7) is 2.11. The molecular weight excluding hydrogens is 332 g/mol. The van der Waals surface area contributed by atoms with Crippen molar-refractivity contribution in [2.75, 3.05) is 0 Å². The Balaban J connectivity index is 1.71. The molecule has 1 aliphatic heterocycles. The number of benzene rings is 3. The third kappa shape index (κ3) is 2.39. The molecule has 4 aromatic rings. The second kappa shape index (κ2) is 6.13. The number of rotatable bonds is 3. The summed E-state index contributed by atoms with van der Waals surface area (Å²) in [5, 5.41) is 1.16. The molecule has 0 unspecified atom stereocenters. The molecule has 3 heteroatoms. The number of carbonyl (C=O) groups excluding carboxylic acids is 1. The minimum absolute atomic E-state index is 0.0234. The van der Waals surface area contributed by atoms with Crippen LogP contribution >= 0.6 is 0 Å². The normalized spacial score (nSPS) is 17.3. The Kier molecular flexibility index (Phi) is 3.61. The molecule has 1 N–H and O–H groups in total. The SMILES string of the molecule is C[C@H](c1ccccc1)N1C(=O)c2ccccc2[C@H]1c1c[nH]c2ccccc12. The predicted molar refractivity (Wildman–Crippen MR) is 108 cm³/mol. The van der Waals surface area contributed by atoms with Crippen molar-refractivity contribution in [1.29, 1.82) is 0 Å². The summed E-state index contributed by atoms with van der Waals surface area (Å²) in [6.07, 6.45) is 2.05. The van der Waals surface area contributed by atoms with E-state index in [0.29, 0.717) is 0 Å². The molecule has 0 saturated carbocycles. The van der Waals surface area contributed by atoms with E-state index in [1.807, 2.05) is 53.4 Å². The lowest BCUT2D eigenvalue weighted by molar-refractivity contribution is 0.0677. The maximum absolute atomic E-state index is 13.4. The van der Waals surface area contributed by atoms with Crippen molar-refractivity contribution >= 4 is 16.8 Å². The summed E-state index contributed by atoms with van der Waals surface area (Å²) in [6, 6.07) is 26.4. The summed E-state index contributed by atoms with van der Waals surface area (Å²) in [5.41, 5.74) is 5.26. The minimum Gasteiger partial charge on any atom is -0.361 e. The number of nitrogens with one attached hydrogen (secondary N) is 1. The lowest BCUT2D eigenvalue weighted by Gasteiger charge is -2.31. The van der Waals surface area contributed by atoms with E-state index in [1.165, 1.54) is 0 Å². The van der Waals surface area contributed by atoms with Crippen LogP contribution in [0.1, 0.15) is 46.1 Å². The first-order valence-electron chi connectivity index (χ1n) is 9.28. The number of hydrogen-bond acceptors (Lipinski definition) is 1. The first-order valence-corrected chi connectivity index (χ1v) is 9.28. The van der Waals surface area contributed by atoms with Gasteiger partial charge < -0.3 is 9.88 Å². The number of aromatic amines is 1. The third-order valence-electron chi connectivity index (χ3n) is 5.61. The van der Waals surface area contributed by atoms with Crippen LogP contribution in [0.25, 0.3) is 10.9 Å². The fourth-order valence-corrected chi connectivity index (χ4v) is 4.27. The number of amides is 1. The van der Waals surface area contributed by atoms with Crippen LogP contribution in [-0.4, -0.2) is 15.8 Å². The fraction of sp³-hybridized carbons (Fsp3) is 0.125. The van der Waals surface area contributed by atoms with Gasteiger partial charge >= 0.3 is 0 Å². The molecule has 0 bridgehead atoms. The molecule has 27 heavy (non-hydrogen) atoms. The molecule has 132 valence electrons. The number of carbonyl (C=O) groups is 1. The highest BCUT2D eigenvalue weighted by molar-refractivity contribution is 6.01. The van der Waals surface area contributed by atoms with E-state index in [4.69, 9.17) is 0 Å². The number of para-hydroxylation sites is 1. The van der Waals surface area contributed by atoms with Gasteiger partial charge in [0.15, 0.2) is 0 Å². The van der Waals surface area contributed by atoms with Gasteiger partial charge in [-0.15, -0.1) is 0 Å². The molecular formula is C24H20N2O. The van der Waals surface area contributed by atoms with Gasteiger partial charge in [0.1, 0.15) is 0 Å². The van der Waals surface area contributed by atoms with E-state index in [9.17, 15) is 4.79 Å². The van der Waals surface area contributed by atoms with Gasteiger partial charge in [-0.2, -0.15) is 0 Å². The Labute approximate surface area is 158 Å². The largest absolute Gasteiger partial charge is 0.361 e. The molecule has 0 saturated heterocycles. The van der Waals surface area contributed by atoms with E-state index in [-0.39, 0.29) is 18.0 Å². The van der Waals surface area contributed by atoms with Crippen LogP contribution in [0.4, 0.5) is 0 Å². The van der Waals surface area contributed by atoms with E-state index in [2.05, 4.69) is 48.4 Å². The van der Waals surface area contributed by atoms with Gasteiger partial charge in [0, 0.05) is 28.2 Å². The number of fused-ring (bicyclic) bond motifs is 2. The van der Waals surface area contributed by atoms with Gasteiger partial charge in [0.25, 0.3) is 5.91 Å². The average Bonchev–Trinajstić information content (AvgIpc) is 3.27. The van der Waals surface area contributed by atoms with Crippen molar-refractivity contribution in [3.05, 3.63) is 107 Å². The van der Waals surface area contributed by atoms with E-state index >= 15 is 0 Å². The second-order valence-corrected chi connectivity index (χ2v) is 7.08. The Morgan fingerprint density at radius 2 is 1.56 bits per heavy atom. The molecule has 2 atom stereocenters. The number of hydrogen-bond donors (Lipinski definition) is 1. The van der Waals surface area contributed by atoms with Gasteiger partial charge in [-0.3, -0.25) is 4.79 Å². The molecule has 5 rings (SSSR count). The summed E-state index contributed by atoms with van der Waals surface area (Å²) in [4.78, 5) is 18.8. The van der Waals surface area contributed by atoms with Gasteiger partial charge in [-0.05, 0) is 30.2 Å². The molecule has 0 fully saturated rings. The summed E-state index contributed by atoms with van der Waals surface area (Å²) >= 11 is 0. The van der Waals surface area contributed by atoms with Crippen molar-refractivity contribution in [3.8, 4) is 0 Å². The lowest BCUT2D eigenvalue weighted by Crippen LogP contribution is -2.31. The van der Waals surface area contributed by atoms with E-state index in [0.717, 1.165) is 33.2 Å². The van der Waals surface area contributed by atoms with Crippen LogP contribution in [0.15, 0.2) is 85.1 Å². The Morgan fingerprint density at radius 3 is 2.41 bits per heavy atom. The fourth-order valence-electron chi connectivity index (χ4n) is 4.27. The van der Waals surface area contributed by atoms with Crippen molar-refractivity contribution in [2.24, 2.45) is 0 Å². The predicted octanol–water partition coefficient (Wildman–Crippen LogP) is 5.47. The highest BCUT2D eigenvalue weighted by atomic mass is 16.2. The van der Waals surface area contributed by atoms with Crippen molar-refractivity contribution in [1.82, 2.24) is 9.88 Å². The first-order chi connectivity index (χ1) is 13.3. The number of H-pyrrole nitrogens is 1. The second-order valence-electron chi connectivity index (χ2n) is 7.08. The Bertz CT molecular complexity index is 1130. The van der Waals surface area contributed by atoms with E-state index in [1.54, 1.807) is 0 Å². The van der Waals surface area contributed by atoms with Crippen LogP contribution in [-0.2, 0) is 0 Å². The van der Waals surface area contributed by atoms with Crippen LogP contribution < -0.4 is 0 Å². The average molecular weight is 352 g/mol. The van der Waals surface area contributed by atoms with Gasteiger partial charge in [0.05, 0.1) is 12.1 Å². The lowest BCUT2D eigenvalue weighted by atomic mass is 9.96. The topological polar surface area (TPSA) is 36.1 Å². The van der Waals surface area contributed by atoms with Crippen molar-refractivity contribution < 1.29 is 4.79 Å². The van der Waals surface area contributed by atoms with E-state index < -0.39 is 0 Å².